The van der Waals surface area contributed by atoms with Crippen LogP contribution >= 0.6 is 0 Å². The normalized spacial score (nSPS) is 12.3. The molecule has 0 aliphatic carbocycles. The lowest BCUT2D eigenvalue weighted by atomic mass is 10.0. The van der Waals surface area contributed by atoms with E-state index in [9.17, 15) is 4.79 Å². The molecule has 1 unspecified atom stereocenters. The van der Waals surface area contributed by atoms with Gasteiger partial charge in [-0.05, 0) is 31.2 Å². The van der Waals surface area contributed by atoms with Gasteiger partial charge in [-0.2, -0.15) is 5.10 Å². The summed E-state index contributed by atoms with van der Waals surface area (Å²) in [6.07, 6.45) is 4.13. The molecule has 1 heterocycles. The van der Waals surface area contributed by atoms with Crippen molar-refractivity contribution < 1.29 is 4.79 Å². The number of primary amides is 1. The molecule has 2 aromatic rings. The number of nitrogens with two attached hydrogens (primary N) is 1. The molecule has 1 amide bonds. The van der Waals surface area contributed by atoms with Crippen molar-refractivity contribution in [1.82, 2.24) is 15.1 Å². The second kappa shape index (κ2) is 5.67. The van der Waals surface area contributed by atoms with Gasteiger partial charge in [-0.15, -0.1) is 0 Å². The van der Waals surface area contributed by atoms with Crippen LogP contribution in [0.3, 0.4) is 0 Å². The van der Waals surface area contributed by atoms with E-state index in [4.69, 9.17) is 5.73 Å². The van der Waals surface area contributed by atoms with Gasteiger partial charge in [0.2, 0.25) is 0 Å². The molecule has 5 heteroatoms. The number of aromatic nitrogens is 2. The smallest absolute Gasteiger partial charge is 0.251 e. The van der Waals surface area contributed by atoms with E-state index in [0.29, 0.717) is 11.6 Å². The van der Waals surface area contributed by atoms with E-state index in [-0.39, 0.29) is 0 Å². The molecular weight excluding hydrogens is 240 g/mol. The maximum atomic E-state index is 11.0. The fraction of sp³-hybridized carbons (Fsp3) is 0.286. The third kappa shape index (κ3) is 2.82. The van der Waals surface area contributed by atoms with Gasteiger partial charge in [0, 0.05) is 12.2 Å². The predicted molar refractivity (Wildman–Crippen MR) is 74.2 cm³/mol. The van der Waals surface area contributed by atoms with Gasteiger partial charge in [0.1, 0.15) is 0 Å². The van der Waals surface area contributed by atoms with Crippen LogP contribution in [0, 0.1) is 0 Å². The van der Waals surface area contributed by atoms with E-state index < -0.39 is 5.91 Å². The van der Waals surface area contributed by atoms with Crippen LogP contribution in [-0.4, -0.2) is 22.7 Å². The highest BCUT2D eigenvalue weighted by Crippen LogP contribution is 2.18. The van der Waals surface area contributed by atoms with E-state index in [1.54, 1.807) is 10.9 Å². The van der Waals surface area contributed by atoms with Crippen molar-refractivity contribution in [2.45, 2.75) is 19.4 Å². The van der Waals surface area contributed by atoms with Gasteiger partial charge in [-0.25, -0.2) is 4.68 Å². The molecular formula is C14H18N4O. The average molecular weight is 258 g/mol. The summed E-state index contributed by atoms with van der Waals surface area (Å²) in [5.74, 6) is -0.468. The fourth-order valence-electron chi connectivity index (χ4n) is 2.06. The monoisotopic (exact) mass is 258 g/mol. The lowest BCUT2D eigenvalue weighted by molar-refractivity contribution is 0.100. The Morgan fingerprint density at radius 3 is 2.58 bits per heavy atom. The number of rotatable bonds is 5. The summed E-state index contributed by atoms with van der Waals surface area (Å²) in [6, 6.07) is 8.44. The molecule has 0 spiro atoms. The summed E-state index contributed by atoms with van der Waals surface area (Å²) >= 11 is 0. The van der Waals surface area contributed by atoms with Crippen molar-refractivity contribution in [2.75, 3.05) is 7.05 Å². The highest BCUT2D eigenvalue weighted by Gasteiger charge is 2.08. The van der Waals surface area contributed by atoms with E-state index in [2.05, 4.69) is 29.5 Å². The largest absolute Gasteiger partial charge is 0.366 e. The zero-order valence-corrected chi connectivity index (χ0v) is 11.1. The zero-order chi connectivity index (χ0) is 13.8. The van der Waals surface area contributed by atoms with Crippen LogP contribution in [0.15, 0.2) is 36.7 Å². The van der Waals surface area contributed by atoms with Gasteiger partial charge >= 0.3 is 0 Å². The Hall–Kier alpha value is -2.14. The SMILES string of the molecule is CCC(NC)c1ccc(-n2cc(C(N)=O)cn2)cc1. The maximum absolute atomic E-state index is 11.0. The first kappa shape index (κ1) is 13.3. The Morgan fingerprint density at radius 2 is 2.11 bits per heavy atom. The lowest BCUT2D eigenvalue weighted by Gasteiger charge is -2.14. The topological polar surface area (TPSA) is 72.9 Å². The van der Waals surface area contributed by atoms with Gasteiger partial charge < -0.3 is 11.1 Å². The molecule has 0 saturated heterocycles. The molecule has 1 atom stereocenters. The highest BCUT2D eigenvalue weighted by atomic mass is 16.1. The van der Waals surface area contributed by atoms with Crippen LogP contribution in [0.1, 0.15) is 35.3 Å². The van der Waals surface area contributed by atoms with E-state index in [1.807, 2.05) is 19.2 Å². The fourth-order valence-corrected chi connectivity index (χ4v) is 2.06. The second-order valence-electron chi connectivity index (χ2n) is 4.38. The molecule has 1 aromatic carbocycles. The lowest BCUT2D eigenvalue weighted by Crippen LogP contribution is -2.15. The van der Waals surface area contributed by atoms with Crippen molar-refractivity contribution in [2.24, 2.45) is 5.73 Å². The number of amides is 1. The minimum absolute atomic E-state index is 0.354. The third-order valence-corrected chi connectivity index (χ3v) is 3.18. The summed E-state index contributed by atoms with van der Waals surface area (Å²) in [5.41, 5.74) is 7.75. The molecule has 0 aliphatic heterocycles. The van der Waals surface area contributed by atoms with Crippen LogP contribution in [0.4, 0.5) is 0 Å². The van der Waals surface area contributed by atoms with Crippen molar-refractivity contribution in [3.63, 3.8) is 0 Å². The molecule has 2 rings (SSSR count). The van der Waals surface area contributed by atoms with Crippen LogP contribution < -0.4 is 11.1 Å². The number of benzene rings is 1. The van der Waals surface area contributed by atoms with Gasteiger partial charge in [-0.1, -0.05) is 19.1 Å². The minimum Gasteiger partial charge on any atom is -0.366 e. The molecule has 0 aliphatic rings. The van der Waals surface area contributed by atoms with Crippen LogP contribution in [-0.2, 0) is 0 Å². The van der Waals surface area contributed by atoms with E-state index in [1.165, 1.54) is 11.8 Å². The third-order valence-electron chi connectivity index (χ3n) is 3.18. The molecule has 19 heavy (non-hydrogen) atoms. The summed E-state index contributed by atoms with van der Waals surface area (Å²) in [4.78, 5) is 11.0. The molecule has 0 bridgehead atoms. The van der Waals surface area contributed by atoms with E-state index >= 15 is 0 Å². The summed E-state index contributed by atoms with van der Waals surface area (Å²) in [5, 5.41) is 7.39. The van der Waals surface area contributed by atoms with Crippen LogP contribution in [0.25, 0.3) is 5.69 Å². The van der Waals surface area contributed by atoms with Crippen molar-refractivity contribution in [3.05, 3.63) is 47.8 Å². The molecule has 0 radical (unpaired) electrons. The first-order valence-corrected chi connectivity index (χ1v) is 6.27. The number of hydrogen-bond acceptors (Lipinski definition) is 3. The van der Waals surface area contributed by atoms with Gasteiger partial charge in [0.05, 0.1) is 17.4 Å². The minimum atomic E-state index is -0.468. The van der Waals surface area contributed by atoms with Gasteiger partial charge in [-0.3, -0.25) is 4.79 Å². The second-order valence-corrected chi connectivity index (χ2v) is 4.38. The zero-order valence-electron chi connectivity index (χ0n) is 11.1. The Kier molecular flexibility index (Phi) is 3.97. The molecule has 100 valence electrons. The van der Waals surface area contributed by atoms with Crippen LogP contribution in [0.2, 0.25) is 0 Å². The molecule has 0 fully saturated rings. The highest BCUT2D eigenvalue weighted by molar-refractivity contribution is 5.92. The Bertz CT molecular complexity index is 555. The van der Waals surface area contributed by atoms with Crippen LogP contribution in [0.5, 0.6) is 0 Å². The summed E-state index contributed by atoms with van der Waals surface area (Å²) in [7, 11) is 1.95. The quantitative estimate of drug-likeness (QED) is 0.856. The molecule has 5 nitrogen and oxygen atoms in total. The number of hydrogen-bond donors (Lipinski definition) is 2. The first-order chi connectivity index (χ1) is 9.15. The Labute approximate surface area is 112 Å². The molecule has 0 saturated carbocycles. The van der Waals surface area contributed by atoms with Crippen molar-refractivity contribution in [1.29, 1.82) is 0 Å². The summed E-state index contributed by atoms with van der Waals surface area (Å²) in [6.45, 7) is 2.14. The van der Waals surface area contributed by atoms with Gasteiger partial charge in [0.25, 0.3) is 5.91 Å². The van der Waals surface area contributed by atoms with Crippen molar-refractivity contribution in [3.8, 4) is 5.69 Å². The standard InChI is InChI=1S/C14H18N4O/c1-3-13(16-2)10-4-6-12(7-5-10)18-9-11(8-17-18)14(15)19/h4-9,13,16H,3H2,1-2H3,(H2,15,19). The van der Waals surface area contributed by atoms with Crippen molar-refractivity contribution >= 4 is 5.91 Å². The number of nitrogens with one attached hydrogen (secondary N) is 1. The Morgan fingerprint density at radius 1 is 1.42 bits per heavy atom. The first-order valence-electron chi connectivity index (χ1n) is 6.27. The maximum Gasteiger partial charge on any atom is 0.251 e. The average Bonchev–Trinajstić information content (AvgIpc) is 2.91. The molecule has 1 aromatic heterocycles. The number of nitrogens with zero attached hydrogens (tertiary/aromatic N) is 2. The number of carbonyl (C=O) groups is 1. The molecule has 3 N–H and O–H groups in total. The summed E-state index contributed by atoms with van der Waals surface area (Å²) < 4.78 is 1.64. The Balaban J connectivity index is 2.24. The number of carbonyl (C=O) groups excluding carboxylic acids is 1. The predicted octanol–water partition coefficient (Wildman–Crippen LogP) is 1.64. The van der Waals surface area contributed by atoms with Gasteiger partial charge in [0.15, 0.2) is 0 Å². The van der Waals surface area contributed by atoms with E-state index in [0.717, 1.165) is 12.1 Å².